The van der Waals surface area contributed by atoms with E-state index in [9.17, 15) is 8.42 Å². The molecule has 1 heterocycles. The highest BCUT2D eigenvalue weighted by Gasteiger charge is 2.44. The first-order chi connectivity index (χ1) is 10.3. The van der Waals surface area contributed by atoms with Crippen LogP contribution in [-0.2, 0) is 29.6 Å². The fourth-order valence-electron chi connectivity index (χ4n) is 2.06. The first-order valence-electron chi connectivity index (χ1n) is 6.36. The Hall–Kier alpha value is -0.380. The SMILES string of the molecule is COc1ccc([C@@]2(CBr)OC[C@@H](COS(C)(=O)=O)O2)c(Cl)c1. The van der Waals surface area contributed by atoms with Gasteiger partial charge in [-0.25, -0.2) is 0 Å². The molecular formula is C13H16BrClO6S. The Morgan fingerprint density at radius 2 is 2.23 bits per heavy atom. The van der Waals surface area contributed by atoms with Gasteiger partial charge < -0.3 is 14.2 Å². The van der Waals surface area contributed by atoms with Crippen LogP contribution < -0.4 is 4.74 Å². The molecule has 0 radical (unpaired) electrons. The van der Waals surface area contributed by atoms with Gasteiger partial charge in [-0.3, -0.25) is 4.18 Å². The number of rotatable bonds is 6. The zero-order valence-electron chi connectivity index (χ0n) is 12.0. The van der Waals surface area contributed by atoms with Crippen LogP contribution >= 0.6 is 27.5 Å². The monoisotopic (exact) mass is 414 g/mol. The number of methoxy groups -OCH3 is 1. The summed E-state index contributed by atoms with van der Waals surface area (Å²) in [5.74, 6) is -0.469. The van der Waals surface area contributed by atoms with E-state index in [2.05, 4.69) is 15.9 Å². The summed E-state index contributed by atoms with van der Waals surface area (Å²) in [4.78, 5) is 0. The van der Waals surface area contributed by atoms with E-state index in [1.54, 1.807) is 25.3 Å². The van der Waals surface area contributed by atoms with Crippen LogP contribution in [0.25, 0.3) is 0 Å². The van der Waals surface area contributed by atoms with Gasteiger partial charge in [0, 0.05) is 5.56 Å². The van der Waals surface area contributed by atoms with E-state index in [4.69, 9.17) is 30.0 Å². The van der Waals surface area contributed by atoms with E-state index in [-0.39, 0.29) is 13.2 Å². The highest BCUT2D eigenvalue weighted by atomic mass is 79.9. The highest BCUT2D eigenvalue weighted by Crippen LogP contribution is 2.40. The van der Waals surface area contributed by atoms with Gasteiger partial charge in [0.2, 0.25) is 5.79 Å². The van der Waals surface area contributed by atoms with Crippen LogP contribution in [0.5, 0.6) is 5.75 Å². The van der Waals surface area contributed by atoms with E-state index in [0.717, 1.165) is 6.26 Å². The number of alkyl halides is 1. The summed E-state index contributed by atoms with van der Waals surface area (Å²) in [6.45, 7) is 0.0881. The molecule has 1 aliphatic rings. The van der Waals surface area contributed by atoms with Crippen LogP contribution in [0.15, 0.2) is 18.2 Å². The number of hydrogen-bond acceptors (Lipinski definition) is 6. The molecule has 6 nitrogen and oxygen atoms in total. The molecular weight excluding hydrogens is 400 g/mol. The molecule has 1 aromatic rings. The van der Waals surface area contributed by atoms with E-state index in [1.807, 2.05) is 0 Å². The molecule has 1 aliphatic heterocycles. The summed E-state index contributed by atoms with van der Waals surface area (Å²) in [7, 11) is -1.98. The average Bonchev–Trinajstić information content (AvgIpc) is 2.89. The lowest BCUT2D eigenvalue weighted by Crippen LogP contribution is -2.31. The second-order valence-corrected chi connectivity index (χ2v) is 7.38. The normalized spacial score (nSPS) is 25.4. The molecule has 1 saturated heterocycles. The first-order valence-corrected chi connectivity index (χ1v) is 9.67. The van der Waals surface area contributed by atoms with Crippen LogP contribution in [-0.4, -0.2) is 46.4 Å². The average molecular weight is 416 g/mol. The molecule has 2 atom stereocenters. The lowest BCUT2D eigenvalue weighted by atomic mass is 10.1. The largest absolute Gasteiger partial charge is 0.497 e. The molecule has 0 aliphatic carbocycles. The minimum absolute atomic E-state index is 0.110. The zero-order valence-corrected chi connectivity index (χ0v) is 15.2. The van der Waals surface area contributed by atoms with Crippen molar-refractivity contribution in [3.8, 4) is 5.75 Å². The number of ether oxygens (including phenoxy) is 3. The van der Waals surface area contributed by atoms with E-state index < -0.39 is 22.0 Å². The quantitative estimate of drug-likeness (QED) is 0.524. The minimum Gasteiger partial charge on any atom is -0.497 e. The number of hydrogen-bond donors (Lipinski definition) is 0. The molecule has 0 bridgehead atoms. The molecule has 0 unspecified atom stereocenters. The van der Waals surface area contributed by atoms with Crippen LogP contribution in [0.2, 0.25) is 5.02 Å². The van der Waals surface area contributed by atoms with Gasteiger partial charge in [0.15, 0.2) is 0 Å². The molecule has 2 rings (SSSR count). The van der Waals surface area contributed by atoms with Gasteiger partial charge in [-0.15, -0.1) is 0 Å². The third-order valence-electron chi connectivity index (χ3n) is 3.09. The summed E-state index contributed by atoms with van der Waals surface area (Å²) in [6.07, 6.45) is 0.478. The lowest BCUT2D eigenvalue weighted by molar-refractivity contribution is -0.159. The Bertz CT molecular complexity index is 637. The molecule has 0 amide bonds. The van der Waals surface area contributed by atoms with Crippen molar-refractivity contribution in [3.63, 3.8) is 0 Å². The Labute approximate surface area is 142 Å². The molecule has 22 heavy (non-hydrogen) atoms. The lowest BCUT2D eigenvalue weighted by Gasteiger charge is -2.27. The first kappa shape index (κ1) is 18.0. The Morgan fingerprint density at radius 1 is 1.50 bits per heavy atom. The molecule has 0 N–H and O–H groups in total. The van der Waals surface area contributed by atoms with Crippen LogP contribution in [0.1, 0.15) is 5.56 Å². The number of halogens is 2. The van der Waals surface area contributed by atoms with Crippen molar-refractivity contribution in [2.45, 2.75) is 11.9 Å². The predicted molar refractivity (Wildman–Crippen MR) is 85.1 cm³/mol. The van der Waals surface area contributed by atoms with Gasteiger partial charge in [0.25, 0.3) is 10.1 Å². The summed E-state index contributed by atoms with van der Waals surface area (Å²) in [5.41, 5.74) is 0.633. The molecule has 0 saturated carbocycles. The van der Waals surface area contributed by atoms with E-state index in [1.165, 1.54) is 0 Å². The van der Waals surface area contributed by atoms with Gasteiger partial charge >= 0.3 is 0 Å². The maximum atomic E-state index is 11.1. The molecule has 1 fully saturated rings. The van der Waals surface area contributed by atoms with Crippen molar-refractivity contribution in [1.29, 1.82) is 0 Å². The van der Waals surface area contributed by atoms with Crippen LogP contribution in [0, 0.1) is 0 Å². The van der Waals surface area contributed by atoms with Gasteiger partial charge in [0.05, 0.1) is 36.9 Å². The van der Waals surface area contributed by atoms with Crippen molar-refractivity contribution in [1.82, 2.24) is 0 Å². The Kier molecular flexibility index (Phi) is 5.73. The second-order valence-electron chi connectivity index (χ2n) is 4.77. The standard InChI is InChI=1S/C13H16BrClO6S/c1-18-9-3-4-11(12(15)5-9)13(8-14)19-6-10(21-13)7-20-22(2,16)17/h3-5,10H,6-8H2,1-2H3/t10-,13-/m0/s1. The fraction of sp³-hybridized carbons (Fsp3) is 0.538. The Balaban J connectivity index is 2.17. The van der Waals surface area contributed by atoms with Gasteiger partial charge in [-0.1, -0.05) is 27.5 Å². The molecule has 9 heteroatoms. The highest BCUT2D eigenvalue weighted by molar-refractivity contribution is 9.09. The summed E-state index contributed by atoms with van der Waals surface area (Å²) in [5, 5.41) is 0.769. The maximum Gasteiger partial charge on any atom is 0.264 e. The third-order valence-corrected chi connectivity index (χ3v) is 4.71. The van der Waals surface area contributed by atoms with Crippen molar-refractivity contribution in [2.24, 2.45) is 0 Å². The molecule has 0 aromatic heterocycles. The summed E-state index contributed by atoms with van der Waals surface area (Å²) in [6, 6.07) is 5.16. The van der Waals surface area contributed by atoms with Crippen molar-refractivity contribution >= 4 is 37.6 Å². The minimum atomic E-state index is -3.53. The van der Waals surface area contributed by atoms with Gasteiger partial charge in [-0.2, -0.15) is 8.42 Å². The fourth-order valence-corrected chi connectivity index (χ4v) is 3.37. The zero-order chi connectivity index (χ0) is 16.4. The predicted octanol–water partition coefficient (Wildman–Crippen LogP) is 2.29. The topological polar surface area (TPSA) is 71.1 Å². The van der Waals surface area contributed by atoms with Crippen molar-refractivity contribution < 1.29 is 26.8 Å². The third kappa shape index (κ3) is 4.12. The Morgan fingerprint density at radius 3 is 2.77 bits per heavy atom. The number of benzene rings is 1. The van der Waals surface area contributed by atoms with Crippen molar-refractivity contribution in [2.75, 3.05) is 31.9 Å². The summed E-state index contributed by atoms with van der Waals surface area (Å²) >= 11 is 9.62. The van der Waals surface area contributed by atoms with Crippen LogP contribution in [0.4, 0.5) is 0 Å². The molecule has 124 valence electrons. The van der Waals surface area contributed by atoms with Crippen LogP contribution in [0.3, 0.4) is 0 Å². The smallest absolute Gasteiger partial charge is 0.264 e. The van der Waals surface area contributed by atoms with E-state index >= 15 is 0 Å². The summed E-state index contributed by atoms with van der Waals surface area (Å²) < 4.78 is 43.6. The van der Waals surface area contributed by atoms with Gasteiger partial charge in [-0.05, 0) is 18.2 Å². The van der Waals surface area contributed by atoms with Crippen molar-refractivity contribution in [3.05, 3.63) is 28.8 Å². The van der Waals surface area contributed by atoms with Gasteiger partial charge in [0.1, 0.15) is 11.9 Å². The second kappa shape index (κ2) is 7.02. The maximum absolute atomic E-state index is 11.1. The van der Waals surface area contributed by atoms with E-state index in [0.29, 0.717) is 21.7 Å². The molecule has 1 aromatic carbocycles. The molecule has 0 spiro atoms.